The molecule has 4 N–H and O–H groups in total. The van der Waals surface area contributed by atoms with Crippen LogP contribution >= 0.6 is 0 Å². The van der Waals surface area contributed by atoms with E-state index in [0.29, 0.717) is 0 Å². The number of hydrogen-bond donors (Lipinski definition) is 3. The van der Waals surface area contributed by atoms with Gasteiger partial charge in [0.05, 0.1) is 0 Å². The molecule has 7 heteroatoms. The Morgan fingerprint density at radius 1 is 1.54 bits per heavy atom. The SMILES string of the molecule is NC(=O)N[C@H]1C[C@@](O)(C(F)(F)F)C1. The van der Waals surface area contributed by atoms with E-state index in [9.17, 15) is 18.0 Å². The molecule has 1 rings (SSSR count). The highest BCUT2D eigenvalue weighted by atomic mass is 19.4. The molecule has 0 saturated heterocycles. The Balaban J connectivity index is 2.44. The van der Waals surface area contributed by atoms with Gasteiger partial charge in [0.1, 0.15) is 0 Å². The molecule has 0 aliphatic heterocycles. The van der Waals surface area contributed by atoms with Crippen LogP contribution in [0.1, 0.15) is 12.8 Å². The summed E-state index contributed by atoms with van der Waals surface area (Å²) >= 11 is 0. The lowest BCUT2D eigenvalue weighted by atomic mass is 9.75. The number of urea groups is 1. The van der Waals surface area contributed by atoms with Crippen molar-refractivity contribution in [2.75, 3.05) is 0 Å². The minimum absolute atomic E-state index is 0.528. The van der Waals surface area contributed by atoms with Gasteiger partial charge >= 0.3 is 12.2 Å². The number of aliphatic hydroxyl groups is 1. The van der Waals surface area contributed by atoms with Crippen molar-refractivity contribution >= 4 is 6.03 Å². The Kier molecular flexibility index (Phi) is 2.15. The lowest BCUT2D eigenvalue weighted by molar-refractivity contribution is -0.291. The fourth-order valence-electron chi connectivity index (χ4n) is 1.29. The number of halogens is 3. The molecule has 0 radical (unpaired) electrons. The van der Waals surface area contributed by atoms with Crippen molar-refractivity contribution in [2.45, 2.75) is 30.7 Å². The Hall–Kier alpha value is -0.980. The summed E-state index contributed by atoms with van der Waals surface area (Å²) in [6, 6.07) is -1.56. The Labute approximate surface area is 71.9 Å². The average Bonchev–Trinajstić information content (AvgIpc) is 1.79. The number of primary amides is 1. The molecular weight excluding hydrogens is 189 g/mol. The normalized spacial score (nSPS) is 33.7. The van der Waals surface area contributed by atoms with Gasteiger partial charge in [-0.25, -0.2) is 4.79 Å². The van der Waals surface area contributed by atoms with E-state index in [1.807, 2.05) is 0 Å². The van der Waals surface area contributed by atoms with E-state index in [1.165, 1.54) is 0 Å². The van der Waals surface area contributed by atoms with Gasteiger partial charge in [0.25, 0.3) is 0 Å². The van der Waals surface area contributed by atoms with Crippen LogP contribution in [-0.4, -0.2) is 29.0 Å². The standard InChI is InChI=1S/C6H9F3N2O2/c7-6(8,9)5(13)1-3(2-5)11-4(10)12/h3,13H,1-2H2,(H3,10,11,12)/t3-,5-. The first-order chi connectivity index (χ1) is 5.74. The fraction of sp³-hybridized carbons (Fsp3) is 0.833. The summed E-state index contributed by atoms with van der Waals surface area (Å²) in [5, 5.41) is 11.0. The molecule has 1 aliphatic rings. The molecule has 0 aromatic heterocycles. The second kappa shape index (κ2) is 2.76. The monoisotopic (exact) mass is 198 g/mol. The smallest absolute Gasteiger partial charge is 0.380 e. The highest BCUT2D eigenvalue weighted by Gasteiger charge is 2.61. The number of carbonyl (C=O) groups is 1. The van der Waals surface area contributed by atoms with Crippen LogP contribution in [0.25, 0.3) is 0 Å². The first-order valence-corrected chi connectivity index (χ1v) is 3.60. The van der Waals surface area contributed by atoms with Crippen LogP contribution in [0.2, 0.25) is 0 Å². The first-order valence-electron chi connectivity index (χ1n) is 3.60. The van der Waals surface area contributed by atoms with Gasteiger partial charge in [-0.15, -0.1) is 0 Å². The van der Waals surface area contributed by atoms with Crippen molar-refractivity contribution in [1.82, 2.24) is 5.32 Å². The summed E-state index contributed by atoms with van der Waals surface area (Å²) in [5.41, 5.74) is 2.03. The zero-order valence-corrected chi connectivity index (χ0v) is 6.56. The van der Waals surface area contributed by atoms with E-state index >= 15 is 0 Å². The summed E-state index contributed by atoms with van der Waals surface area (Å²) in [6.07, 6.45) is -5.69. The second-order valence-corrected chi connectivity index (χ2v) is 3.14. The number of nitrogens with one attached hydrogen (secondary N) is 1. The summed E-state index contributed by atoms with van der Waals surface area (Å²) in [4.78, 5) is 10.2. The number of rotatable bonds is 1. The van der Waals surface area contributed by atoms with Gasteiger partial charge in [0, 0.05) is 18.9 Å². The predicted molar refractivity (Wildman–Crippen MR) is 36.7 cm³/mol. The molecule has 2 amide bonds. The van der Waals surface area contributed by atoms with Crippen molar-refractivity contribution in [3.05, 3.63) is 0 Å². The maximum absolute atomic E-state index is 12.0. The molecule has 76 valence electrons. The van der Waals surface area contributed by atoms with Crippen LogP contribution in [-0.2, 0) is 0 Å². The second-order valence-electron chi connectivity index (χ2n) is 3.14. The number of amides is 2. The molecule has 0 aromatic rings. The molecule has 1 saturated carbocycles. The molecule has 0 unspecified atom stereocenters. The quantitative estimate of drug-likeness (QED) is 0.559. The molecule has 0 aromatic carbocycles. The third kappa shape index (κ3) is 1.85. The van der Waals surface area contributed by atoms with Crippen LogP contribution < -0.4 is 11.1 Å². The molecule has 13 heavy (non-hydrogen) atoms. The predicted octanol–water partition coefficient (Wildman–Crippen LogP) is 0.110. The molecule has 0 heterocycles. The van der Waals surface area contributed by atoms with Crippen molar-refractivity contribution in [3.8, 4) is 0 Å². The minimum atomic E-state index is -4.64. The number of alkyl halides is 3. The highest BCUT2D eigenvalue weighted by Crippen LogP contribution is 2.44. The summed E-state index contributed by atoms with van der Waals surface area (Å²) in [5.74, 6) is 0. The number of nitrogens with two attached hydrogens (primary N) is 1. The third-order valence-corrected chi connectivity index (χ3v) is 2.04. The molecule has 0 bridgehead atoms. The number of carbonyl (C=O) groups excluding carboxylic acids is 1. The van der Waals surface area contributed by atoms with E-state index in [-0.39, 0.29) is 0 Å². The largest absolute Gasteiger partial charge is 0.417 e. The van der Waals surface area contributed by atoms with E-state index < -0.39 is 36.7 Å². The van der Waals surface area contributed by atoms with Gasteiger partial charge in [-0.1, -0.05) is 0 Å². The number of hydrogen-bond acceptors (Lipinski definition) is 2. The topological polar surface area (TPSA) is 75.4 Å². The van der Waals surface area contributed by atoms with Crippen molar-refractivity contribution in [1.29, 1.82) is 0 Å². The Morgan fingerprint density at radius 2 is 2.00 bits per heavy atom. The zero-order chi connectivity index (χ0) is 10.3. The molecule has 4 nitrogen and oxygen atoms in total. The molecule has 0 atom stereocenters. The molecule has 1 fully saturated rings. The average molecular weight is 198 g/mol. The van der Waals surface area contributed by atoms with Gasteiger partial charge in [-0.3, -0.25) is 0 Å². The summed E-state index contributed by atoms with van der Waals surface area (Å²) in [6.45, 7) is 0. The van der Waals surface area contributed by atoms with Crippen molar-refractivity contribution < 1.29 is 23.1 Å². The van der Waals surface area contributed by atoms with Crippen LogP contribution in [0.3, 0.4) is 0 Å². The van der Waals surface area contributed by atoms with E-state index in [2.05, 4.69) is 11.1 Å². The van der Waals surface area contributed by atoms with Crippen LogP contribution in [0, 0.1) is 0 Å². The highest BCUT2D eigenvalue weighted by molar-refractivity contribution is 5.72. The first kappa shape index (κ1) is 10.1. The summed E-state index contributed by atoms with van der Waals surface area (Å²) < 4.78 is 36.0. The zero-order valence-electron chi connectivity index (χ0n) is 6.56. The van der Waals surface area contributed by atoms with Gasteiger partial charge < -0.3 is 16.2 Å². The van der Waals surface area contributed by atoms with E-state index in [0.717, 1.165) is 0 Å². The van der Waals surface area contributed by atoms with E-state index in [1.54, 1.807) is 0 Å². The summed E-state index contributed by atoms with van der Waals surface area (Å²) in [7, 11) is 0. The Morgan fingerprint density at radius 3 is 2.31 bits per heavy atom. The van der Waals surface area contributed by atoms with Gasteiger partial charge in [0.2, 0.25) is 0 Å². The molecule has 1 aliphatic carbocycles. The van der Waals surface area contributed by atoms with Gasteiger partial charge in [-0.05, 0) is 0 Å². The lowest BCUT2D eigenvalue weighted by Gasteiger charge is -2.44. The molecular formula is C6H9F3N2O2. The fourth-order valence-corrected chi connectivity index (χ4v) is 1.29. The van der Waals surface area contributed by atoms with Crippen molar-refractivity contribution in [3.63, 3.8) is 0 Å². The van der Waals surface area contributed by atoms with Crippen LogP contribution in [0.5, 0.6) is 0 Å². The van der Waals surface area contributed by atoms with E-state index in [4.69, 9.17) is 5.11 Å². The maximum Gasteiger partial charge on any atom is 0.417 e. The van der Waals surface area contributed by atoms with Gasteiger partial charge in [0.15, 0.2) is 5.60 Å². The van der Waals surface area contributed by atoms with Crippen LogP contribution in [0.4, 0.5) is 18.0 Å². The van der Waals surface area contributed by atoms with Gasteiger partial charge in [-0.2, -0.15) is 13.2 Å². The third-order valence-electron chi connectivity index (χ3n) is 2.04. The van der Waals surface area contributed by atoms with Crippen molar-refractivity contribution in [2.24, 2.45) is 5.73 Å². The lowest BCUT2D eigenvalue weighted by Crippen LogP contribution is -2.62. The Bertz CT molecular complexity index is 222. The molecule has 0 spiro atoms. The minimum Gasteiger partial charge on any atom is -0.380 e. The van der Waals surface area contributed by atoms with Crippen LogP contribution in [0.15, 0.2) is 0 Å². The maximum atomic E-state index is 12.0.